The summed E-state index contributed by atoms with van der Waals surface area (Å²) in [5.74, 6) is 0.146. The van der Waals surface area contributed by atoms with Gasteiger partial charge in [-0.15, -0.1) is 0 Å². The number of nitrogen functional groups attached to an aromatic ring is 1. The first-order valence-corrected chi connectivity index (χ1v) is 26.9. The molecule has 2 aliphatic carbocycles. The Morgan fingerprint density at radius 3 is 2.49 bits per heavy atom. The summed E-state index contributed by atoms with van der Waals surface area (Å²) in [7, 11) is 0. The lowest BCUT2D eigenvalue weighted by Gasteiger charge is -2.37. The van der Waals surface area contributed by atoms with Crippen LogP contribution in [0, 0.1) is 30.5 Å². The average Bonchev–Trinajstić information content (AvgIpc) is 4.14. The summed E-state index contributed by atoms with van der Waals surface area (Å²) in [6, 6.07) is 16.3. The van der Waals surface area contributed by atoms with Crippen LogP contribution in [0.3, 0.4) is 0 Å². The molecule has 11 rings (SSSR count). The molecule has 1 saturated carbocycles. The molecule has 13 nitrogen and oxygen atoms in total. The first-order chi connectivity index (χ1) is 35.3. The second-order valence-electron chi connectivity index (χ2n) is 22.1. The van der Waals surface area contributed by atoms with Crippen LogP contribution in [-0.2, 0) is 16.0 Å². The van der Waals surface area contributed by atoms with Crippen molar-refractivity contribution in [2.45, 2.75) is 122 Å². The van der Waals surface area contributed by atoms with Gasteiger partial charge in [0.25, 0.3) is 5.91 Å². The number of urea groups is 1. The van der Waals surface area contributed by atoms with Crippen LogP contribution in [0.1, 0.15) is 129 Å². The molecular formula is C59H69FN9O4+. The Morgan fingerprint density at radius 1 is 0.945 bits per heavy atom. The van der Waals surface area contributed by atoms with Gasteiger partial charge in [0.1, 0.15) is 17.7 Å². The van der Waals surface area contributed by atoms with Crippen LogP contribution in [0.5, 0.6) is 0 Å². The third-order valence-electron chi connectivity index (χ3n) is 17.2. The number of anilines is 2. The number of fused-ring (bicyclic) bond motifs is 2. The highest BCUT2D eigenvalue weighted by Crippen LogP contribution is 2.45. The Hall–Kier alpha value is -6.38. The molecule has 2 aromatic heterocycles. The van der Waals surface area contributed by atoms with E-state index in [1.165, 1.54) is 17.2 Å². The number of hydrogen-bond acceptors (Lipinski definition) is 9. The highest BCUT2D eigenvalue weighted by Gasteiger charge is 2.50. The van der Waals surface area contributed by atoms with Gasteiger partial charge in [0.05, 0.1) is 17.8 Å². The monoisotopic (exact) mass is 987 g/mol. The fourth-order valence-electron chi connectivity index (χ4n) is 12.9. The molecule has 3 saturated heterocycles. The van der Waals surface area contributed by atoms with E-state index in [2.05, 4.69) is 65.2 Å². The lowest BCUT2D eigenvalue weighted by molar-refractivity contribution is -0.319. The minimum absolute atomic E-state index is 0.0859. The Morgan fingerprint density at radius 2 is 1.77 bits per heavy atom. The van der Waals surface area contributed by atoms with E-state index in [0.29, 0.717) is 60.9 Å². The maximum Gasteiger partial charge on any atom is 0.503 e. The predicted octanol–water partition coefficient (Wildman–Crippen LogP) is 9.31. The number of carbonyl (C=O) groups excluding carboxylic acids is 4. The molecule has 0 radical (unpaired) electrons. The number of nitrogens with zero attached hydrogens (tertiary/aromatic N) is 7. The number of aromatic nitrogens is 2. The number of hydrogen-bond donors (Lipinski definition) is 2. The predicted molar refractivity (Wildman–Crippen MR) is 283 cm³/mol. The molecule has 380 valence electrons. The van der Waals surface area contributed by atoms with Gasteiger partial charge in [-0.05, 0) is 174 Å². The molecule has 73 heavy (non-hydrogen) atoms. The Kier molecular flexibility index (Phi) is 13.5. The van der Waals surface area contributed by atoms with E-state index in [-0.39, 0.29) is 54.0 Å². The van der Waals surface area contributed by atoms with Crippen molar-refractivity contribution < 1.29 is 28.1 Å². The number of carbonyl (C=O) groups is 4. The number of likely N-dealkylation sites (tertiary alicyclic amines) is 2. The van der Waals surface area contributed by atoms with Crippen molar-refractivity contribution in [2.75, 3.05) is 49.9 Å². The number of piperidine rings is 2. The van der Waals surface area contributed by atoms with E-state index in [4.69, 9.17) is 10.7 Å². The Balaban J connectivity index is 0.672. The van der Waals surface area contributed by atoms with E-state index < -0.39 is 5.92 Å². The molecule has 3 unspecified atom stereocenters. The highest BCUT2D eigenvalue weighted by molar-refractivity contribution is 6.07. The maximum absolute atomic E-state index is 16.2. The zero-order valence-electron chi connectivity index (χ0n) is 42.8. The average molecular weight is 987 g/mol. The lowest BCUT2D eigenvalue weighted by Crippen LogP contribution is -2.43. The number of nitrogens with one attached hydrogen (secondary N) is 1. The van der Waals surface area contributed by atoms with Crippen LogP contribution in [0.2, 0.25) is 0 Å². The zero-order chi connectivity index (χ0) is 50.7. The molecule has 7 aliphatic rings. The lowest BCUT2D eigenvalue weighted by atomic mass is 9.90. The number of imide groups is 1. The van der Waals surface area contributed by atoms with Crippen LogP contribution in [-0.4, -0.2) is 117 Å². The molecular weight excluding hydrogens is 918 g/mol. The summed E-state index contributed by atoms with van der Waals surface area (Å²) in [4.78, 5) is 70.2. The number of halogens is 1. The maximum atomic E-state index is 16.2. The fourth-order valence-corrected chi connectivity index (χ4v) is 12.9. The molecule has 4 fully saturated rings. The number of aryl methyl sites for hydroxylation is 1. The van der Waals surface area contributed by atoms with Crippen molar-refractivity contribution in [3.8, 4) is 11.1 Å². The first kappa shape index (κ1) is 48.9. The van der Waals surface area contributed by atoms with E-state index in [1.54, 1.807) is 10.8 Å². The van der Waals surface area contributed by atoms with E-state index in [9.17, 15) is 19.2 Å². The SMILES string of the molecule is Cc1cc(C(=O)N2CCC(CN3CCCC(Cc4ccc5c(c4)N(C4CC4)C(=O)/[N+]5=C\C4CCC(=O)NC4=O)C[C@@H]3C)CC2)cc(F)c1C1=CCN(C(C)C2=Cc3c(-c4ccc(N)nc4)ccnc3[C@@H]2C)CC1. The number of rotatable bonds is 11. The molecule has 5 atom stereocenters. The van der Waals surface area contributed by atoms with Gasteiger partial charge in [0.2, 0.25) is 11.8 Å². The summed E-state index contributed by atoms with van der Waals surface area (Å²) >= 11 is 0. The van der Waals surface area contributed by atoms with Gasteiger partial charge in [-0.3, -0.25) is 29.6 Å². The van der Waals surface area contributed by atoms with E-state index in [1.807, 2.05) is 59.4 Å². The molecule has 4 aromatic rings. The summed E-state index contributed by atoms with van der Waals surface area (Å²) in [5.41, 5.74) is 17.4. The number of pyridine rings is 2. The van der Waals surface area contributed by atoms with Crippen molar-refractivity contribution in [3.05, 3.63) is 112 Å². The van der Waals surface area contributed by atoms with Gasteiger partial charge in [0.15, 0.2) is 11.4 Å². The number of benzene rings is 2. The van der Waals surface area contributed by atoms with Crippen LogP contribution >= 0.6 is 0 Å². The van der Waals surface area contributed by atoms with Gasteiger partial charge in [-0.2, -0.15) is 14.3 Å². The normalized spacial score (nSPS) is 25.1. The smallest absolute Gasteiger partial charge is 0.384 e. The summed E-state index contributed by atoms with van der Waals surface area (Å²) in [6.45, 7) is 13.7. The van der Waals surface area contributed by atoms with Gasteiger partial charge in [-0.25, -0.2) is 9.37 Å². The van der Waals surface area contributed by atoms with Crippen molar-refractivity contribution >= 4 is 58.8 Å². The minimum atomic E-state index is -0.522. The topological polar surface area (TPSA) is 148 Å². The molecule has 0 bridgehead atoms. The summed E-state index contributed by atoms with van der Waals surface area (Å²) in [6.07, 6.45) is 19.4. The molecule has 5 aliphatic heterocycles. The standard InChI is InChI=1S/C59H68FN9O4/c1-35-26-45(30-50(60)55(35)42-18-24-65(25-19-42)38(4)48-31-49-47(15-20-62-56(49)37(48)3)43-8-13-53(61)63-32-43)58(72)66-22-16-39(17-23-66)33-67-21-5-6-40(27-36(67)2)28-41-7-12-51-52(29-41)69(46-10-11-46)59(73)68(51)34-44-9-14-54(70)64-57(44)71/h7-8,12-13,15,18,20,26,29-32,34,36-40,44,46H,5-6,9-11,14,16-17,19,21-25,27-28,33H2,1-4H3,(H2-,61,62,63,64,70,71)/p+1/b68-34-/t36-,37+,38?,40?,44?/m0/s1. The molecule has 5 amide bonds. The quantitative estimate of drug-likeness (QED) is 0.111. The summed E-state index contributed by atoms with van der Waals surface area (Å²) < 4.78 is 17.8. The largest absolute Gasteiger partial charge is 0.503 e. The van der Waals surface area contributed by atoms with Crippen molar-refractivity contribution in [1.82, 2.24) is 30.0 Å². The van der Waals surface area contributed by atoms with Crippen LogP contribution in [0.15, 0.2) is 72.6 Å². The van der Waals surface area contributed by atoms with Crippen molar-refractivity contribution in [2.24, 2.45) is 17.8 Å². The van der Waals surface area contributed by atoms with Crippen LogP contribution in [0.25, 0.3) is 22.8 Å². The molecule has 3 N–H and O–H groups in total. The zero-order valence-corrected chi connectivity index (χ0v) is 42.8. The first-order valence-electron chi connectivity index (χ1n) is 26.9. The molecule has 0 spiro atoms. The van der Waals surface area contributed by atoms with E-state index in [0.717, 1.165) is 122 Å². The van der Waals surface area contributed by atoms with Gasteiger partial charge >= 0.3 is 6.03 Å². The number of amides is 5. The van der Waals surface area contributed by atoms with Gasteiger partial charge < -0.3 is 15.5 Å². The Bertz CT molecular complexity index is 2930. The highest BCUT2D eigenvalue weighted by atomic mass is 19.1. The van der Waals surface area contributed by atoms with Crippen molar-refractivity contribution in [3.63, 3.8) is 0 Å². The van der Waals surface area contributed by atoms with Gasteiger partial charge in [0, 0.05) is 91.8 Å². The van der Waals surface area contributed by atoms with E-state index >= 15 is 4.39 Å². The van der Waals surface area contributed by atoms with Gasteiger partial charge in [-0.1, -0.05) is 25.1 Å². The second kappa shape index (κ2) is 20.1. The Labute approximate surface area is 428 Å². The number of nitrogens with two attached hydrogens (primary N) is 1. The van der Waals surface area contributed by atoms with Crippen LogP contribution in [0.4, 0.5) is 26.4 Å². The third-order valence-corrected chi connectivity index (χ3v) is 17.2. The van der Waals surface area contributed by atoms with Crippen LogP contribution < -0.4 is 16.0 Å². The second-order valence-corrected chi connectivity index (χ2v) is 22.1. The summed E-state index contributed by atoms with van der Waals surface area (Å²) in [5, 5.41) is 2.42. The third kappa shape index (κ3) is 9.80. The van der Waals surface area contributed by atoms with Crippen molar-refractivity contribution in [1.29, 1.82) is 0 Å². The minimum Gasteiger partial charge on any atom is -0.384 e. The molecule has 14 heteroatoms. The molecule has 7 heterocycles. The molecule has 2 aromatic carbocycles. The fraction of sp³-hybridized carbons (Fsp3) is 0.475.